The smallest absolute Gasteiger partial charge is 0.337 e. The lowest BCUT2D eigenvalue weighted by atomic mass is 10.1. The lowest BCUT2D eigenvalue weighted by molar-refractivity contribution is -0.139. The average molecular weight is 292 g/mol. The summed E-state index contributed by atoms with van der Waals surface area (Å²) in [7, 11) is 1.33. The fourth-order valence-electron chi connectivity index (χ4n) is 1.49. The van der Waals surface area contributed by atoms with Crippen LogP contribution in [0.1, 0.15) is 29.8 Å². The van der Waals surface area contributed by atoms with E-state index in [1.807, 2.05) is 13.8 Å². The highest BCUT2D eigenvalue weighted by molar-refractivity contribution is 5.90. The Bertz CT molecular complexity index is 488. The standard InChI is InChI=1S/C16H20O5/c1-12(2)20-10-11-21-15(17)9-6-13-4-7-14(8-5-13)16(18)19-3/h4-9,12H,10-11H2,1-3H3/b9-6+. The number of carbonyl (C=O) groups is 2. The largest absolute Gasteiger partial charge is 0.465 e. The van der Waals surface area contributed by atoms with E-state index < -0.39 is 11.9 Å². The summed E-state index contributed by atoms with van der Waals surface area (Å²) in [6.07, 6.45) is 3.07. The summed E-state index contributed by atoms with van der Waals surface area (Å²) in [4.78, 5) is 22.7. The van der Waals surface area contributed by atoms with Gasteiger partial charge in [-0.05, 0) is 37.6 Å². The Morgan fingerprint density at radius 3 is 2.38 bits per heavy atom. The minimum atomic E-state index is -0.431. The van der Waals surface area contributed by atoms with Crippen LogP contribution >= 0.6 is 0 Å². The molecule has 0 aromatic heterocycles. The maximum atomic E-state index is 11.4. The number of rotatable bonds is 7. The van der Waals surface area contributed by atoms with Crippen LogP contribution in [0.5, 0.6) is 0 Å². The zero-order valence-corrected chi connectivity index (χ0v) is 12.5. The van der Waals surface area contributed by atoms with Gasteiger partial charge in [-0.15, -0.1) is 0 Å². The van der Waals surface area contributed by atoms with Crippen LogP contribution in [-0.2, 0) is 19.0 Å². The van der Waals surface area contributed by atoms with Gasteiger partial charge < -0.3 is 14.2 Å². The van der Waals surface area contributed by atoms with E-state index in [0.29, 0.717) is 12.2 Å². The summed E-state index contributed by atoms with van der Waals surface area (Å²) in [6, 6.07) is 6.70. The molecule has 0 bridgehead atoms. The van der Waals surface area contributed by atoms with E-state index in [0.717, 1.165) is 5.56 Å². The molecule has 0 aliphatic carbocycles. The van der Waals surface area contributed by atoms with E-state index >= 15 is 0 Å². The quantitative estimate of drug-likeness (QED) is 0.439. The van der Waals surface area contributed by atoms with Gasteiger partial charge in [0, 0.05) is 6.08 Å². The Hall–Kier alpha value is -2.14. The maximum absolute atomic E-state index is 11.4. The Balaban J connectivity index is 2.41. The molecule has 0 aliphatic heterocycles. The summed E-state index contributed by atoms with van der Waals surface area (Å²) >= 11 is 0. The molecule has 1 rings (SSSR count). The lowest BCUT2D eigenvalue weighted by Crippen LogP contribution is -2.12. The van der Waals surface area contributed by atoms with Crippen LogP contribution in [0, 0.1) is 0 Å². The molecule has 1 aromatic carbocycles. The van der Waals surface area contributed by atoms with E-state index in [1.165, 1.54) is 13.2 Å². The van der Waals surface area contributed by atoms with Crippen molar-refractivity contribution in [1.82, 2.24) is 0 Å². The molecule has 5 nitrogen and oxygen atoms in total. The predicted octanol–water partition coefficient (Wildman–Crippen LogP) is 2.45. The fraction of sp³-hybridized carbons (Fsp3) is 0.375. The Morgan fingerprint density at radius 2 is 1.81 bits per heavy atom. The fourth-order valence-corrected chi connectivity index (χ4v) is 1.49. The van der Waals surface area contributed by atoms with E-state index in [9.17, 15) is 9.59 Å². The van der Waals surface area contributed by atoms with Crippen molar-refractivity contribution in [2.75, 3.05) is 20.3 Å². The van der Waals surface area contributed by atoms with E-state index in [1.54, 1.807) is 30.3 Å². The highest BCUT2D eigenvalue weighted by Gasteiger charge is 2.03. The highest BCUT2D eigenvalue weighted by Crippen LogP contribution is 2.07. The molecule has 0 atom stereocenters. The van der Waals surface area contributed by atoms with Gasteiger partial charge in [-0.2, -0.15) is 0 Å². The summed E-state index contributed by atoms with van der Waals surface area (Å²) in [5, 5.41) is 0. The van der Waals surface area contributed by atoms with E-state index in [4.69, 9.17) is 9.47 Å². The van der Waals surface area contributed by atoms with Crippen LogP contribution in [-0.4, -0.2) is 38.4 Å². The number of benzene rings is 1. The SMILES string of the molecule is COC(=O)c1ccc(/C=C/C(=O)OCCOC(C)C)cc1. The van der Waals surface area contributed by atoms with Gasteiger partial charge in [-0.1, -0.05) is 12.1 Å². The Morgan fingerprint density at radius 1 is 1.14 bits per heavy atom. The number of ether oxygens (including phenoxy) is 3. The number of hydrogen-bond acceptors (Lipinski definition) is 5. The molecule has 0 unspecified atom stereocenters. The van der Waals surface area contributed by atoms with Gasteiger partial charge >= 0.3 is 11.9 Å². The second-order valence-corrected chi connectivity index (χ2v) is 4.53. The molecule has 0 saturated carbocycles. The number of carbonyl (C=O) groups excluding carboxylic acids is 2. The number of esters is 2. The number of hydrogen-bond donors (Lipinski definition) is 0. The molecule has 0 aliphatic rings. The molecule has 0 fully saturated rings. The average Bonchev–Trinajstić information content (AvgIpc) is 2.49. The first-order chi connectivity index (χ1) is 10.0. The third kappa shape index (κ3) is 6.72. The van der Waals surface area contributed by atoms with Crippen LogP contribution in [0.25, 0.3) is 6.08 Å². The molecule has 5 heteroatoms. The maximum Gasteiger partial charge on any atom is 0.337 e. The molecular formula is C16H20O5. The Kier molecular flexibility index (Phi) is 7.18. The molecule has 0 amide bonds. The molecule has 0 heterocycles. The van der Waals surface area contributed by atoms with Gasteiger partial charge in [0.15, 0.2) is 0 Å². The van der Waals surface area contributed by atoms with Gasteiger partial charge in [0.25, 0.3) is 0 Å². The van der Waals surface area contributed by atoms with Crippen LogP contribution in [0.3, 0.4) is 0 Å². The van der Waals surface area contributed by atoms with Crippen LogP contribution in [0.15, 0.2) is 30.3 Å². The summed E-state index contributed by atoms with van der Waals surface area (Å²) in [5.41, 5.74) is 1.25. The molecule has 114 valence electrons. The molecule has 0 N–H and O–H groups in total. The van der Waals surface area contributed by atoms with Crippen LogP contribution in [0.2, 0.25) is 0 Å². The topological polar surface area (TPSA) is 61.8 Å². The first-order valence-corrected chi connectivity index (χ1v) is 6.67. The van der Waals surface area contributed by atoms with E-state index in [2.05, 4.69) is 4.74 Å². The molecule has 0 spiro atoms. The molecule has 0 saturated heterocycles. The first-order valence-electron chi connectivity index (χ1n) is 6.67. The molecular weight excluding hydrogens is 272 g/mol. The summed E-state index contributed by atoms with van der Waals surface area (Å²) in [5.74, 6) is -0.825. The van der Waals surface area contributed by atoms with Crippen molar-refractivity contribution in [1.29, 1.82) is 0 Å². The second-order valence-electron chi connectivity index (χ2n) is 4.53. The normalized spacial score (nSPS) is 10.9. The third-order valence-electron chi connectivity index (χ3n) is 2.52. The zero-order chi connectivity index (χ0) is 15.7. The monoisotopic (exact) mass is 292 g/mol. The van der Waals surface area contributed by atoms with Crippen molar-refractivity contribution in [2.24, 2.45) is 0 Å². The number of methoxy groups -OCH3 is 1. The molecule has 21 heavy (non-hydrogen) atoms. The van der Waals surface area contributed by atoms with Gasteiger partial charge in [0.05, 0.1) is 25.4 Å². The summed E-state index contributed by atoms with van der Waals surface area (Å²) in [6.45, 7) is 4.44. The van der Waals surface area contributed by atoms with Crippen molar-refractivity contribution >= 4 is 18.0 Å². The lowest BCUT2D eigenvalue weighted by Gasteiger charge is -2.06. The van der Waals surface area contributed by atoms with Gasteiger partial charge in [-0.25, -0.2) is 9.59 Å². The third-order valence-corrected chi connectivity index (χ3v) is 2.52. The summed E-state index contributed by atoms with van der Waals surface area (Å²) < 4.78 is 14.8. The van der Waals surface area contributed by atoms with Crippen molar-refractivity contribution < 1.29 is 23.8 Å². The predicted molar refractivity (Wildman–Crippen MR) is 78.9 cm³/mol. The minimum Gasteiger partial charge on any atom is -0.465 e. The van der Waals surface area contributed by atoms with Crippen molar-refractivity contribution in [2.45, 2.75) is 20.0 Å². The highest BCUT2D eigenvalue weighted by atomic mass is 16.6. The zero-order valence-electron chi connectivity index (χ0n) is 12.5. The Labute approximate surface area is 124 Å². The van der Waals surface area contributed by atoms with Crippen molar-refractivity contribution in [3.05, 3.63) is 41.5 Å². The molecule has 0 radical (unpaired) electrons. The van der Waals surface area contributed by atoms with Gasteiger partial charge in [0.2, 0.25) is 0 Å². The van der Waals surface area contributed by atoms with Crippen molar-refractivity contribution in [3.8, 4) is 0 Å². The van der Waals surface area contributed by atoms with Crippen LogP contribution in [0.4, 0.5) is 0 Å². The van der Waals surface area contributed by atoms with Gasteiger partial charge in [0.1, 0.15) is 6.61 Å². The molecule has 1 aromatic rings. The second kappa shape index (κ2) is 8.92. The van der Waals surface area contributed by atoms with Gasteiger partial charge in [-0.3, -0.25) is 0 Å². The van der Waals surface area contributed by atoms with E-state index in [-0.39, 0.29) is 12.7 Å². The minimum absolute atomic E-state index is 0.118. The van der Waals surface area contributed by atoms with Crippen LogP contribution < -0.4 is 0 Å². The first kappa shape index (κ1) is 16.9. The van der Waals surface area contributed by atoms with Crippen molar-refractivity contribution in [3.63, 3.8) is 0 Å².